The fourth-order valence-corrected chi connectivity index (χ4v) is 3.24. The van der Waals surface area contributed by atoms with Crippen LogP contribution in [0.3, 0.4) is 0 Å². The van der Waals surface area contributed by atoms with Gasteiger partial charge in [0, 0.05) is 36.5 Å². The summed E-state index contributed by atoms with van der Waals surface area (Å²) in [5, 5.41) is 0. The van der Waals surface area contributed by atoms with Crippen LogP contribution >= 0.6 is 0 Å². The quantitative estimate of drug-likeness (QED) is 0.925. The number of benzene rings is 1. The molecule has 3 heterocycles. The molecule has 0 saturated carbocycles. The van der Waals surface area contributed by atoms with E-state index in [9.17, 15) is 4.79 Å². The molecule has 2 aliphatic heterocycles. The van der Waals surface area contributed by atoms with Gasteiger partial charge in [0.2, 0.25) is 6.79 Å². The van der Waals surface area contributed by atoms with Crippen molar-refractivity contribution in [3.8, 4) is 11.5 Å². The molecule has 6 heteroatoms. The second-order valence-electron chi connectivity index (χ2n) is 6.11. The second kappa shape index (κ2) is 5.61. The van der Waals surface area contributed by atoms with Crippen LogP contribution in [0.15, 0.2) is 24.4 Å². The number of nitrogens with one attached hydrogen (secondary N) is 1. The SMILES string of the molecule is Cc1cnc(C2CCCN(C(=O)c3ccc4c(c3)OCO4)C2)[nH]1. The predicted octanol–water partition coefficient (Wildman–Crippen LogP) is 2.47. The molecule has 1 aromatic heterocycles. The zero-order valence-corrected chi connectivity index (χ0v) is 13.0. The number of nitrogens with zero attached hydrogens (tertiary/aromatic N) is 2. The number of likely N-dealkylation sites (tertiary alicyclic amines) is 1. The third-order valence-electron chi connectivity index (χ3n) is 4.44. The molecule has 120 valence electrons. The Hall–Kier alpha value is -2.50. The molecular weight excluding hydrogens is 294 g/mol. The summed E-state index contributed by atoms with van der Waals surface area (Å²) >= 11 is 0. The molecule has 1 N–H and O–H groups in total. The van der Waals surface area contributed by atoms with E-state index < -0.39 is 0 Å². The second-order valence-corrected chi connectivity index (χ2v) is 6.11. The van der Waals surface area contributed by atoms with Gasteiger partial charge in [0.1, 0.15) is 5.82 Å². The number of hydrogen-bond donors (Lipinski definition) is 1. The van der Waals surface area contributed by atoms with E-state index >= 15 is 0 Å². The topological polar surface area (TPSA) is 67.5 Å². The molecule has 1 atom stereocenters. The molecule has 0 spiro atoms. The third-order valence-corrected chi connectivity index (χ3v) is 4.44. The molecule has 1 saturated heterocycles. The number of H-pyrrole nitrogens is 1. The van der Waals surface area contributed by atoms with Crippen LogP contribution in [0.25, 0.3) is 0 Å². The number of ether oxygens (including phenoxy) is 2. The van der Waals surface area contributed by atoms with Crippen LogP contribution in [0, 0.1) is 6.92 Å². The first-order valence-corrected chi connectivity index (χ1v) is 7.91. The number of aromatic amines is 1. The molecule has 6 nitrogen and oxygen atoms in total. The summed E-state index contributed by atoms with van der Waals surface area (Å²) in [5.74, 6) is 2.63. The maximum Gasteiger partial charge on any atom is 0.254 e. The van der Waals surface area contributed by atoms with E-state index in [0.29, 0.717) is 23.6 Å². The fraction of sp³-hybridized carbons (Fsp3) is 0.412. The Bertz CT molecular complexity index is 740. The van der Waals surface area contributed by atoms with Gasteiger partial charge in [-0.15, -0.1) is 0 Å². The largest absolute Gasteiger partial charge is 0.454 e. The molecule has 4 rings (SSSR count). The van der Waals surface area contributed by atoms with Crippen LogP contribution < -0.4 is 9.47 Å². The van der Waals surface area contributed by atoms with Gasteiger partial charge >= 0.3 is 0 Å². The summed E-state index contributed by atoms with van der Waals surface area (Å²) in [4.78, 5) is 22.4. The maximum atomic E-state index is 12.8. The van der Waals surface area contributed by atoms with Crippen LogP contribution in [-0.4, -0.2) is 40.7 Å². The van der Waals surface area contributed by atoms with Crippen LogP contribution in [0.2, 0.25) is 0 Å². The Balaban J connectivity index is 1.51. The maximum absolute atomic E-state index is 12.8. The van der Waals surface area contributed by atoms with Crippen molar-refractivity contribution < 1.29 is 14.3 Å². The van der Waals surface area contributed by atoms with Gasteiger partial charge in [-0.2, -0.15) is 0 Å². The molecule has 1 fully saturated rings. The molecule has 23 heavy (non-hydrogen) atoms. The first kappa shape index (κ1) is 14.1. The van der Waals surface area contributed by atoms with Crippen molar-refractivity contribution in [2.45, 2.75) is 25.7 Å². The standard InChI is InChI=1S/C17H19N3O3/c1-11-8-18-16(19-11)13-3-2-6-20(9-13)17(21)12-4-5-14-15(7-12)23-10-22-14/h4-5,7-8,13H,2-3,6,9-10H2,1H3,(H,18,19). The predicted molar refractivity (Wildman–Crippen MR) is 83.8 cm³/mol. The summed E-state index contributed by atoms with van der Waals surface area (Å²) in [6, 6.07) is 5.37. The molecule has 1 unspecified atom stereocenters. The number of fused-ring (bicyclic) bond motifs is 1. The Labute approximate surface area is 134 Å². The van der Waals surface area contributed by atoms with Crippen molar-refractivity contribution in [2.24, 2.45) is 0 Å². The third kappa shape index (κ3) is 2.65. The van der Waals surface area contributed by atoms with Gasteiger partial charge in [0.25, 0.3) is 5.91 Å². The number of carbonyl (C=O) groups excluding carboxylic acids is 1. The minimum Gasteiger partial charge on any atom is -0.454 e. The van der Waals surface area contributed by atoms with E-state index in [0.717, 1.165) is 30.9 Å². The van der Waals surface area contributed by atoms with Crippen molar-refractivity contribution >= 4 is 5.91 Å². The van der Waals surface area contributed by atoms with Gasteiger partial charge in [-0.05, 0) is 38.0 Å². The molecule has 1 amide bonds. The highest BCUT2D eigenvalue weighted by Crippen LogP contribution is 2.33. The average molecular weight is 313 g/mol. The minimum atomic E-state index is 0.0382. The van der Waals surface area contributed by atoms with E-state index in [2.05, 4.69) is 9.97 Å². The molecule has 0 aliphatic carbocycles. The number of hydrogen-bond acceptors (Lipinski definition) is 4. The monoisotopic (exact) mass is 313 g/mol. The Morgan fingerprint density at radius 2 is 2.22 bits per heavy atom. The Morgan fingerprint density at radius 1 is 1.35 bits per heavy atom. The zero-order chi connectivity index (χ0) is 15.8. The summed E-state index contributed by atoms with van der Waals surface area (Å²) in [7, 11) is 0. The number of carbonyl (C=O) groups is 1. The number of piperidine rings is 1. The lowest BCUT2D eigenvalue weighted by Crippen LogP contribution is -2.39. The van der Waals surface area contributed by atoms with Crippen LogP contribution in [0.1, 0.15) is 40.6 Å². The van der Waals surface area contributed by atoms with E-state index in [-0.39, 0.29) is 18.6 Å². The fourth-order valence-electron chi connectivity index (χ4n) is 3.24. The van der Waals surface area contributed by atoms with E-state index in [1.165, 1.54) is 0 Å². The lowest BCUT2D eigenvalue weighted by molar-refractivity contribution is 0.0704. The Morgan fingerprint density at radius 3 is 3.04 bits per heavy atom. The lowest BCUT2D eigenvalue weighted by Gasteiger charge is -2.32. The van der Waals surface area contributed by atoms with E-state index in [1.54, 1.807) is 18.2 Å². The summed E-state index contributed by atoms with van der Waals surface area (Å²) in [5.41, 5.74) is 1.70. The van der Waals surface area contributed by atoms with Crippen molar-refractivity contribution in [3.63, 3.8) is 0 Å². The lowest BCUT2D eigenvalue weighted by atomic mass is 9.96. The van der Waals surface area contributed by atoms with E-state index in [4.69, 9.17) is 9.47 Å². The van der Waals surface area contributed by atoms with Crippen molar-refractivity contribution in [1.82, 2.24) is 14.9 Å². The summed E-state index contributed by atoms with van der Waals surface area (Å²) in [6.45, 7) is 3.69. The summed E-state index contributed by atoms with van der Waals surface area (Å²) in [6.07, 6.45) is 3.88. The molecule has 2 aliphatic rings. The van der Waals surface area contributed by atoms with Crippen molar-refractivity contribution in [2.75, 3.05) is 19.9 Å². The van der Waals surface area contributed by atoms with Crippen LogP contribution in [0.5, 0.6) is 11.5 Å². The highest BCUT2D eigenvalue weighted by atomic mass is 16.7. The van der Waals surface area contributed by atoms with Gasteiger partial charge in [-0.1, -0.05) is 0 Å². The highest BCUT2D eigenvalue weighted by Gasteiger charge is 2.28. The highest BCUT2D eigenvalue weighted by molar-refractivity contribution is 5.95. The average Bonchev–Trinajstić information content (AvgIpc) is 3.22. The van der Waals surface area contributed by atoms with Crippen molar-refractivity contribution in [1.29, 1.82) is 0 Å². The van der Waals surface area contributed by atoms with E-state index in [1.807, 2.05) is 18.0 Å². The molecular formula is C17H19N3O3. The molecule has 0 bridgehead atoms. The Kier molecular flexibility index (Phi) is 3.44. The number of aryl methyl sites for hydroxylation is 1. The van der Waals surface area contributed by atoms with Crippen molar-refractivity contribution in [3.05, 3.63) is 41.5 Å². The van der Waals surface area contributed by atoms with Gasteiger partial charge in [0.05, 0.1) is 0 Å². The molecule has 0 radical (unpaired) electrons. The van der Waals surface area contributed by atoms with Crippen LogP contribution in [0.4, 0.5) is 0 Å². The first-order valence-electron chi connectivity index (χ1n) is 7.91. The molecule has 2 aromatic rings. The van der Waals surface area contributed by atoms with Gasteiger partial charge in [-0.25, -0.2) is 4.98 Å². The number of rotatable bonds is 2. The molecule has 1 aromatic carbocycles. The van der Waals surface area contributed by atoms with Gasteiger partial charge < -0.3 is 19.4 Å². The first-order chi connectivity index (χ1) is 11.2. The summed E-state index contributed by atoms with van der Waals surface area (Å²) < 4.78 is 10.7. The minimum absolute atomic E-state index is 0.0382. The number of amides is 1. The van der Waals surface area contributed by atoms with Gasteiger partial charge in [0.15, 0.2) is 11.5 Å². The number of imidazole rings is 1. The van der Waals surface area contributed by atoms with Gasteiger partial charge in [-0.3, -0.25) is 4.79 Å². The normalized spacial score (nSPS) is 19.9. The number of aromatic nitrogens is 2. The zero-order valence-electron chi connectivity index (χ0n) is 13.0. The smallest absolute Gasteiger partial charge is 0.254 e. The van der Waals surface area contributed by atoms with Crippen LogP contribution in [-0.2, 0) is 0 Å².